The second-order valence-corrected chi connectivity index (χ2v) is 4.22. The summed E-state index contributed by atoms with van der Waals surface area (Å²) in [6.45, 7) is 2.61. The third-order valence-electron chi connectivity index (χ3n) is 3.52. The van der Waals surface area contributed by atoms with E-state index in [0.29, 0.717) is 6.54 Å². The highest BCUT2D eigenvalue weighted by molar-refractivity contribution is 5.69. The number of hydrogen-bond acceptors (Lipinski definition) is 3. The van der Waals surface area contributed by atoms with Crippen molar-refractivity contribution >= 4 is 6.09 Å². The van der Waals surface area contributed by atoms with Crippen molar-refractivity contribution < 1.29 is 14.6 Å². The summed E-state index contributed by atoms with van der Waals surface area (Å²) in [6.07, 6.45) is 4.30. The SMILES string of the molecule is CC[C@H]1[C@@H](O)[C@H]2C=C[C@@H]1N(C(=O)OC)C2. The Hall–Kier alpha value is -1.03. The van der Waals surface area contributed by atoms with Crippen LogP contribution in [0.3, 0.4) is 0 Å². The fourth-order valence-corrected chi connectivity index (χ4v) is 2.68. The first-order valence-electron chi connectivity index (χ1n) is 5.40. The molecule has 1 N–H and O–H groups in total. The van der Waals surface area contributed by atoms with Crippen LogP contribution in [0.2, 0.25) is 0 Å². The van der Waals surface area contributed by atoms with Crippen LogP contribution < -0.4 is 0 Å². The summed E-state index contributed by atoms with van der Waals surface area (Å²) in [5.41, 5.74) is 0. The van der Waals surface area contributed by atoms with Gasteiger partial charge in [-0.15, -0.1) is 0 Å². The topological polar surface area (TPSA) is 49.8 Å². The molecule has 1 saturated heterocycles. The van der Waals surface area contributed by atoms with E-state index in [9.17, 15) is 9.90 Å². The summed E-state index contributed by atoms with van der Waals surface area (Å²) in [4.78, 5) is 13.2. The predicted molar refractivity (Wildman–Crippen MR) is 55.3 cm³/mol. The van der Waals surface area contributed by atoms with Crippen molar-refractivity contribution in [1.82, 2.24) is 4.90 Å². The maximum Gasteiger partial charge on any atom is 0.410 e. The number of aliphatic hydroxyl groups excluding tert-OH is 1. The van der Waals surface area contributed by atoms with Crippen LogP contribution in [-0.4, -0.2) is 41.9 Å². The van der Waals surface area contributed by atoms with Gasteiger partial charge >= 0.3 is 6.09 Å². The van der Waals surface area contributed by atoms with E-state index in [1.807, 2.05) is 19.1 Å². The highest BCUT2D eigenvalue weighted by Crippen LogP contribution is 2.36. The molecule has 0 aromatic heterocycles. The van der Waals surface area contributed by atoms with Crippen molar-refractivity contribution in [1.29, 1.82) is 0 Å². The summed E-state index contributed by atoms with van der Waals surface area (Å²) >= 11 is 0. The lowest BCUT2D eigenvalue weighted by Gasteiger charge is -2.48. The summed E-state index contributed by atoms with van der Waals surface area (Å²) in [7, 11) is 1.39. The summed E-state index contributed by atoms with van der Waals surface area (Å²) in [5.74, 6) is 0.215. The molecule has 0 aromatic carbocycles. The van der Waals surface area contributed by atoms with Gasteiger partial charge in [-0.25, -0.2) is 4.79 Å². The zero-order valence-electron chi connectivity index (χ0n) is 9.09. The quantitative estimate of drug-likeness (QED) is 0.658. The number of carbonyl (C=O) groups excluding carboxylic acids is 1. The fourth-order valence-electron chi connectivity index (χ4n) is 2.68. The van der Waals surface area contributed by atoms with E-state index in [4.69, 9.17) is 4.74 Å². The second kappa shape index (κ2) is 3.85. The van der Waals surface area contributed by atoms with Crippen molar-refractivity contribution in [2.24, 2.45) is 11.8 Å². The summed E-state index contributed by atoms with van der Waals surface area (Å²) < 4.78 is 4.74. The summed E-state index contributed by atoms with van der Waals surface area (Å²) in [6, 6.07) is 0.00227. The van der Waals surface area contributed by atoms with Crippen molar-refractivity contribution in [3.05, 3.63) is 12.2 Å². The Morgan fingerprint density at radius 1 is 1.60 bits per heavy atom. The number of methoxy groups -OCH3 is 1. The number of fused-ring (bicyclic) bond motifs is 2. The van der Waals surface area contributed by atoms with Gasteiger partial charge in [0.2, 0.25) is 0 Å². The van der Waals surface area contributed by atoms with Gasteiger partial charge in [0.1, 0.15) is 0 Å². The third kappa shape index (κ3) is 1.53. The minimum atomic E-state index is -0.314. The fraction of sp³-hybridized carbons (Fsp3) is 0.727. The Kier molecular flexibility index (Phi) is 2.69. The Bertz CT molecular complexity index is 290. The molecular formula is C11H17NO3. The first-order chi connectivity index (χ1) is 7.19. The first-order valence-corrected chi connectivity index (χ1v) is 5.40. The average Bonchev–Trinajstić information content (AvgIpc) is 2.29. The molecule has 84 valence electrons. The molecule has 0 spiro atoms. The van der Waals surface area contributed by atoms with E-state index in [1.54, 1.807) is 4.90 Å². The molecule has 1 aliphatic carbocycles. The van der Waals surface area contributed by atoms with Gasteiger partial charge in [0.25, 0.3) is 0 Å². The van der Waals surface area contributed by atoms with Crippen LogP contribution in [0, 0.1) is 11.8 Å². The van der Waals surface area contributed by atoms with Crippen LogP contribution in [-0.2, 0) is 4.74 Å². The normalized spacial score (nSPS) is 38.2. The number of rotatable bonds is 1. The van der Waals surface area contributed by atoms with Gasteiger partial charge in [-0.2, -0.15) is 0 Å². The minimum Gasteiger partial charge on any atom is -0.453 e. The van der Waals surface area contributed by atoms with Gasteiger partial charge in [0, 0.05) is 18.4 Å². The molecule has 3 aliphatic rings. The van der Waals surface area contributed by atoms with Crippen LogP contribution in [0.4, 0.5) is 4.79 Å². The van der Waals surface area contributed by atoms with Gasteiger partial charge in [-0.05, 0) is 6.42 Å². The van der Waals surface area contributed by atoms with Gasteiger partial charge in [-0.1, -0.05) is 19.1 Å². The molecule has 0 aromatic rings. The van der Waals surface area contributed by atoms with Crippen molar-refractivity contribution in [2.45, 2.75) is 25.5 Å². The molecule has 15 heavy (non-hydrogen) atoms. The Labute approximate surface area is 89.5 Å². The molecule has 0 unspecified atom stereocenters. The third-order valence-corrected chi connectivity index (χ3v) is 3.52. The van der Waals surface area contributed by atoms with Crippen LogP contribution in [0.25, 0.3) is 0 Å². The molecule has 2 heterocycles. The number of carbonyl (C=O) groups is 1. The molecule has 4 heteroatoms. The molecule has 0 saturated carbocycles. The molecule has 2 bridgehead atoms. The molecule has 3 rings (SSSR count). The lowest BCUT2D eigenvalue weighted by atomic mass is 9.74. The standard InChI is InChI=1S/C11H17NO3/c1-3-8-9-5-4-7(10(8)13)6-12(9)11(14)15-2/h4-5,7-10,13H,3,6H2,1-2H3/t7-,8+,9-,10-/m0/s1. The number of amides is 1. The summed E-state index contributed by atoms with van der Waals surface area (Å²) in [5, 5.41) is 10.0. The van der Waals surface area contributed by atoms with E-state index in [-0.39, 0.29) is 30.1 Å². The Morgan fingerprint density at radius 2 is 2.33 bits per heavy atom. The zero-order chi connectivity index (χ0) is 11.0. The second-order valence-electron chi connectivity index (χ2n) is 4.22. The van der Waals surface area contributed by atoms with E-state index in [0.717, 1.165) is 6.42 Å². The van der Waals surface area contributed by atoms with Crippen LogP contribution >= 0.6 is 0 Å². The van der Waals surface area contributed by atoms with Gasteiger partial charge in [0.05, 0.1) is 19.3 Å². The molecule has 0 radical (unpaired) electrons. The van der Waals surface area contributed by atoms with Crippen LogP contribution in [0.15, 0.2) is 12.2 Å². The molecule has 4 atom stereocenters. The molecule has 1 fully saturated rings. The van der Waals surface area contributed by atoms with Gasteiger partial charge in [-0.3, -0.25) is 0 Å². The zero-order valence-corrected chi connectivity index (χ0v) is 9.09. The van der Waals surface area contributed by atoms with Gasteiger partial charge < -0.3 is 14.7 Å². The number of piperidine rings is 1. The molecule has 1 amide bonds. The number of ether oxygens (including phenoxy) is 1. The van der Waals surface area contributed by atoms with E-state index in [2.05, 4.69) is 0 Å². The molecular weight excluding hydrogens is 194 g/mol. The van der Waals surface area contributed by atoms with Crippen molar-refractivity contribution in [3.63, 3.8) is 0 Å². The lowest BCUT2D eigenvalue weighted by molar-refractivity contribution is -0.0347. The van der Waals surface area contributed by atoms with Crippen LogP contribution in [0.1, 0.15) is 13.3 Å². The van der Waals surface area contributed by atoms with E-state index >= 15 is 0 Å². The smallest absolute Gasteiger partial charge is 0.410 e. The Morgan fingerprint density at radius 3 is 2.93 bits per heavy atom. The minimum absolute atomic E-state index is 0.00227. The number of hydrogen-bond donors (Lipinski definition) is 1. The van der Waals surface area contributed by atoms with Gasteiger partial charge in [0.15, 0.2) is 0 Å². The van der Waals surface area contributed by atoms with Crippen molar-refractivity contribution in [2.75, 3.05) is 13.7 Å². The highest BCUT2D eigenvalue weighted by atomic mass is 16.5. The number of nitrogens with zero attached hydrogens (tertiary/aromatic N) is 1. The molecule has 4 nitrogen and oxygen atoms in total. The average molecular weight is 211 g/mol. The maximum absolute atomic E-state index is 11.5. The maximum atomic E-state index is 11.5. The predicted octanol–water partition coefficient (Wildman–Crippen LogP) is 1.01. The molecule has 2 aliphatic heterocycles. The first kappa shape index (κ1) is 10.5. The van der Waals surface area contributed by atoms with E-state index in [1.165, 1.54) is 7.11 Å². The van der Waals surface area contributed by atoms with Crippen molar-refractivity contribution in [3.8, 4) is 0 Å². The Balaban J connectivity index is 2.21. The van der Waals surface area contributed by atoms with E-state index < -0.39 is 0 Å². The largest absolute Gasteiger partial charge is 0.453 e. The number of aliphatic hydroxyl groups is 1. The van der Waals surface area contributed by atoms with Crippen LogP contribution in [0.5, 0.6) is 0 Å². The monoisotopic (exact) mass is 211 g/mol. The lowest BCUT2D eigenvalue weighted by Crippen LogP contribution is -2.58. The highest BCUT2D eigenvalue weighted by Gasteiger charge is 2.45.